The summed E-state index contributed by atoms with van der Waals surface area (Å²) < 4.78 is 0. The number of rotatable bonds is 4. The minimum absolute atomic E-state index is 0.0810. The largest absolute Gasteiger partial charge is 0.340 e. The van der Waals surface area contributed by atoms with Crippen molar-refractivity contribution in [2.75, 3.05) is 19.5 Å². The summed E-state index contributed by atoms with van der Waals surface area (Å²) in [6.07, 6.45) is 0.902. The maximum Gasteiger partial charge on any atom is 0.263 e. The molecule has 0 bridgehead atoms. The number of aryl methyl sites for hydroxylation is 1. The highest BCUT2D eigenvalue weighted by molar-refractivity contribution is 7.12. The van der Waals surface area contributed by atoms with Gasteiger partial charge in [-0.3, -0.25) is 4.79 Å². The predicted molar refractivity (Wildman–Crippen MR) is 61.4 cm³/mol. The van der Waals surface area contributed by atoms with Gasteiger partial charge in [0.1, 0.15) is 0 Å². The van der Waals surface area contributed by atoms with E-state index < -0.39 is 0 Å². The van der Waals surface area contributed by atoms with Gasteiger partial charge in [-0.2, -0.15) is 0 Å². The van der Waals surface area contributed by atoms with Crippen LogP contribution in [0.15, 0.2) is 11.4 Å². The summed E-state index contributed by atoms with van der Waals surface area (Å²) in [6.45, 7) is 2.65. The number of amides is 1. The summed E-state index contributed by atoms with van der Waals surface area (Å²) in [4.78, 5) is 14.4. The molecular formula is C10H14ClNOS. The van der Waals surface area contributed by atoms with Crippen LogP contribution in [0.25, 0.3) is 0 Å². The van der Waals surface area contributed by atoms with E-state index in [0.29, 0.717) is 12.4 Å². The van der Waals surface area contributed by atoms with E-state index in [1.54, 1.807) is 11.9 Å². The van der Waals surface area contributed by atoms with Crippen molar-refractivity contribution in [3.8, 4) is 0 Å². The summed E-state index contributed by atoms with van der Waals surface area (Å²) in [5.74, 6) is 0.562. The van der Waals surface area contributed by atoms with Crippen LogP contribution >= 0.6 is 22.9 Å². The van der Waals surface area contributed by atoms with Gasteiger partial charge in [-0.05, 0) is 23.4 Å². The molecule has 2 nitrogen and oxygen atoms in total. The fourth-order valence-corrected chi connectivity index (χ4v) is 2.45. The molecule has 1 rings (SSSR count). The van der Waals surface area contributed by atoms with Crippen LogP contribution in [-0.4, -0.2) is 30.3 Å². The van der Waals surface area contributed by atoms with Crippen molar-refractivity contribution in [1.29, 1.82) is 0 Å². The Bertz CT molecular complexity index is 311. The smallest absolute Gasteiger partial charge is 0.263 e. The zero-order valence-corrected chi connectivity index (χ0v) is 9.99. The molecule has 0 fully saturated rings. The molecule has 0 aromatic carbocycles. The Balaban J connectivity index is 2.78. The maximum atomic E-state index is 11.9. The van der Waals surface area contributed by atoms with Crippen LogP contribution in [0.5, 0.6) is 0 Å². The molecule has 14 heavy (non-hydrogen) atoms. The molecule has 4 heteroatoms. The molecule has 1 aromatic heterocycles. The zero-order valence-electron chi connectivity index (χ0n) is 8.42. The predicted octanol–water partition coefficient (Wildman–Crippen LogP) is 2.62. The van der Waals surface area contributed by atoms with Crippen molar-refractivity contribution < 1.29 is 4.79 Å². The first-order valence-corrected chi connectivity index (χ1v) is 6.00. The number of thiophene rings is 1. The third-order valence-electron chi connectivity index (χ3n) is 2.09. The zero-order chi connectivity index (χ0) is 10.6. The van der Waals surface area contributed by atoms with Gasteiger partial charge in [0.25, 0.3) is 5.91 Å². The van der Waals surface area contributed by atoms with Crippen LogP contribution in [-0.2, 0) is 6.42 Å². The Hall–Kier alpha value is -0.540. The molecule has 0 aliphatic rings. The van der Waals surface area contributed by atoms with E-state index in [-0.39, 0.29) is 5.91 Å². The molecule has 1 amide bonds. The van der Waals surface area contributed by atoms with Gasteiger partial charge in [0, 0.05) is 19.5 Å². The molecule has 1 heterocycles. The lowest BCUT2D eigenvalue weighted by molar-refractivity contribution is 0.0807. The van der Waals surface area contributed by atoms with Gasteiger partial charge in [-0.25, -0.2) is 0 Å². The van der Waals surface area contributed by atoms with Crippen LogP contribution in [0.4, 0.5) is 0 Å². The van der Waals surface area contributed by atoms with Gasteiger partial charge in [0.05, 0.1) is 4.88 Å². The molecule has 0 saturated heterocycles. The molecule has 0 N–H and O–H groups in total. The quantitative estimate of drug-likeness (QED) is 0.730. The summed E-state index contributed by atoms with van der Waals surface area (Å²) >= 11 is 7.09. The minimum Gasteiger partial charge on any atom is -0.340 e. The Morgan fingerprint density at radius 2 is 2.36 bits per heavy atom. The van der Waals surface area contributed by atoms with Crippen molar-refractivity contribution in [2.24, 2.45) is 0 Å². The Morgan fingerprint density at radius 3 is 2.93 bits per heavy atom. The van der Waals surface area contributed by atoms with Crippen LogP contribution in [0.3, 0.4) is 0 Å². The molecule has 0 spiro atoms. The lowest BCUT2D eigenvalue weighted by Crippen LogP contribution is -2.28. The number of halogens is 1. The third-order valence-corrected chi connectivity index (χ3v) is 3.20. The van der Waals surface area contributed by atoms with E-state index in [9.17, 15) is 4.79 Å². The van der Waals surface area contributed by atoms with Gasteiger partial charge in [0.2, 0.25) is 0 Å². The highest BCUT2D eigenvalue weighted by Gasteiger charge is 2.15. The molecule has 0 aliphatic carbocycles. The van der Waals surface area contributed by atoms with Gasteiger partial charge in [-0.1, -0.05) is 6.92 Å². The number of carbonyl (C=O) groups is 1. The van der Waals surface area contributed by atoms with E-state index in [4.69, 9.17) is 11.6 Å². The number of hydrogen-bond donors (Lipinski definition) is 0. The molecule has 0 atom stereocenters. The van der Waals surface area contributed by atoms with E-state index >= 15 is 0 Å². The van der Waals surface area contributed by atoms with Crippen LogP contribution < -0.4 is 0 Å². The first-order chi connectivity index (χ1) is 6.70. The summed E-state index contributed by atoms with van der Waals surface area (Å²) in [6, 6.07) is 2.01. The molecule has 1 aromatic rings. The Morgan fingerprint density at radius 1 is 1.64 bits per heavy atom. The first kappa shape index (κ1) is 11.5. The number of carbonyl (C=O) groups excluding carboxylic acids is 1. The standard InChI is InChI=1S/C10H14ClNOS/c1-3-8-4-7-14-9(8)10(13)12(2)6-5-11/h4,7H,3,5-6H2,1-2H3. The van der Waals surface area contributed by atoms with Crippen molar-refractivity contribution >= 4 is 28.8 Å². The third kappa shape index (κ3) is 2.49. The van der Waals surface area contributed by atoms with E-state index in [1.165, 1.54) is 11.3 Å². The van der Waals surface area contributed by atoms with Crippen molar-refractivity contribution in [3.63, 3.8) is 0 Å². The number of alkyl halides is 1. The van der Waals surface area contributed by atoms with Gasteiger partial charge < -0.3 is 4.90 Å². The monoisotopic (exact) mass is 231 g/mol. The summed E-state index contributed by atoms with van der Waals surface area (Å²) in [5.41, 5.74) is 1.13. The van der Waals surface area contributed by atoms with Crippen molar-refractivity contribution in [1.82, 2.24) is 4.90 Å². The van der Waals surface area contributed by atoms with Crippen molar-refractivity contribution in [3.05, 3.63) is 21.9 Å². The second-order valence-electron chi connectivity index (χ2n) is 3.04. The Labute approximate surface area is 93.5 Å². The fourth-order valence-electron chi connectivity index (χ4n) is 1.20. The average Bonchev–Trinajstić information content (AvgIpc) is 2.64. The minimum atomic E-state index is 0.0810. The molecular weight excluding hydrogens is 218 g/mol. The van der Waals surface area contributed by atoms with E-state index in [1.807, 2.05) is 11.4 Å². The second-order valence-corrected chi connectivity index (χ2v) is 4.34. The van der Waals surface area contributed by atoms with Crippen LogP contribution in [0.1, 0.15) is 22.2 Å². The lowest BCUT2D eigenvalue weighted by Gasteiger charge is -2.15. The molecule has 0 aliphatic heterocycles. The molecule has 0 radical (unpaired) electrons. The van der Waals surface area contributed by atoms with Crippen LogP contribution in [0.2, 0.25) is 0 Å². The van der Waals surface area contributed by atoms with Crippen molar-refractivity contribution in [2.45, 2.75) is 13.3 Å². The fraction of sp³-hybridized carbons (Fsp3) is 0.500. The SMILES string of the molecule is CCc1ccsc1C(=O)N(C)CCCl. The Kier molecular flexibility index (Phi) is 4.42. The lowest BCUT2D eigenvalue weighted by atomic mass is 10.2. The van der Waals surface area contributed by atoms with Crippen LogP contribution in [0, 0.1) is 0 Å². The molecule has 0 unspecified atom stereocenters. The highest BCUT2D eigenvalue weighted by atomic mass is 35.5. The topological polar surface area (TPSA) is 20.3 Å². The van der Waals surface area contributed by atoms with Gasteiger partial charge in [0.15, 0.2) is 0 Å². The normalized spacial score (nSPS) is 10.2. The average molecular weight is 232 g/mol. The second kappa shape index (κ2) is 5.37. The van der Waals surface area contributed by atoms with Gasteiger partial charge in [-0.15, -0.1) is 22.9 Å². The van der Waals surface area contributed by atoms with Gasteiger partial charge >= 0.3 is 0 Å². The first-order valence-electron chi connectivity index (χ1n) is 4.58. The number of hydrogen-bond acceptors (Lipinski definition) is 2. The maximum absolute atomic E-state index is 11.9. The molecule has 0 saturated carbocycles. The summed E-state index contributed by atoms with van der Waals surface area (Å²) in [7, 11) is 1.78. The number of nitrogens with zero attached hydrogens (tertiary/aromatic N) is 1. The van der Waals surface area contributed by atoms with E-state index in [2.05, 4.69) is 6.92 Å². The summed E-state index contributed by atoms with van der Waals surface area (Å²) in [5, 5.41) is 1.96. The molecule has 78 valence electrons. The highest BCUT2D eigenvalue weighted by Crippen LogP contribution is 2.18. The van der Waals surface area contributed by atoms with E-state index in [0.717, 1.165) is 16.9 Å².